The molecule has 1 aliphatic heterocycles. The Bertz CT molecular complexity index is 339. The normalized spacial score (nSPS) is 21.3. The molecule has 1 fully saturated rings. The van der Waals surface area contributed by atoms with Crippen LogP contribution in [0.25, 0.3) is 0 Å². The van der Waals surface area contributed by atoms with Crippen LogP contribution in [0.2, 0.25) is 5.02 Å². The molecule has 0 spiro atoms. The summed E-state index contributed by atoms with van der Waals surface area (Å²) in [6.45, 7) is 0. The lowest BCUT2D eigenvalue weighted by atomic mass is 10.1. The lowest BCUT2D eigenvalue weighted by molar-refractivity contribution is 0.627. The molecule has 1 atom stereocenters. The van der Waals surface area contributed by atoms with Gasteiger partial charge in [-0.2, -0.15) is 11.8 Å². The maximum absolute atomic E-state index is 13.2. The van der Waals surface area contributed by atoms with E-state index in [4.69, 9.17) is 11.6 Å². The first-order chi connectivity index (χ1) is 7.25. The van der Waals surface area contributed by atoms with Gasteiger partial charge in [0.2, 0.25) is 0 Å². The maximum atomic E-state index is 13.2. The third kappa shape index (κ3) is 3.02. The fourth-order valence-corrected chi connectivity index (χ4v) is 2.87. The van der Waals surface area contributed by atoms with Gasteiger partial charge in [-0.1, -0.05) is 11.6 Å². The van der Waals surface area contributed by atoms with Crippen molar-refractivity contribution in [1.82, 2.24) is 0 Å². The van der Waals surface area contributed by atoms with Crippen LogP contribution in [-0.4, -0.2) is 17.5 Å². The highest BCUT2D eigenvalue weighted by molar-refractivity contribution is 7.99. The van der Waals surface area contributed by atoms with Gasteiger partial charge in [0.15, 0.2) is 0 Å². The van der Waals surface area contributed by atoms with Crippen molar-refractivity contribution in [2.24, 2.45) is 0 Å². The molecule has 0 bridgehead atoms. The summed E-state index contributed by atoms with van der Waals surface area (Å²) in [5.41, 5.74) is 0.824. The van der Waals surface area contributed by atoms with Crippen molar-refractivity contribution in [2.45, 2.75) is 18.9 Å². The van der Waals surface area contributed by atoms with E-state index < -0.39 is 0 Å². The molecular formula is C11H13ClFNS. The minimum absolute atomic E-state index is 0.179. The minimum Gasteiger partial charge on any atom is -0.381 e. The van der Waals surface area contributed by atoms with Crippen LogP contribution in [0.15, 0.2) is 18.2 Å². The molecular weight excluding hydrogens is 233 g/mol. The summed E-state index contributed by atoms with van der Waals surface area (Å²) in [6.07, 6.45) is 2.40. The molecule has 1 unspecified atom stereocenters. The topological polar surface area (TPSA) is 12.0 Å². The summed E-state index contributed by atoms with van der Waals surface area (Å²) >= 11 is 7.56. The number of benzene rings is 1. The lowest BCUT2D eigenvalue weighted by Crippen LogP contribution is -2.25. The summed E-state index contributed by atoms with van der Waals surface area (Å²) in [7, 11) is 0. The highest BCUT2D eigenvalue weighted by atomic mass is 35.5. The predicted octanol–water partition coefficient (Wildman–Crippen LogP) is 3.79. The quantitative estimate of drug-likeness (QED) is 0.851. The van der Waals surface area contributed by atoms with Crippen molar-refractivity contribution in [3.8, 4) is 0 Å². The molecule has 1 N–H and O–H groups in total. The molecule has 0 aliphatic carbocycles. The first-order valence-electron chi connectivity index (χ1n) is 5.05. The van der Waals surface area contributed by atoms with Crippen molar-refractivity contribution in [3.05, 3.63) is 29.0 Å². The zero-order chi connectivity index (χ0) is 10.7. The molecule has 1 aromatic rings. The van der Waals surface area contributed by atoms with Gasteiger partial charge >= 0.3 is 0 Å². The minimum atomic E-state index is -0.356. The first kappa shape index (κ1) is 11.1. The fraction of sp³-hybridized carbons (Fsp3) is 0.455. The SMILES string of the molecule is Fc1cc(NC2CCCSC2)ccc1Cl. The van der Waals surface area contributed by atoms with E-state index in [1.54, 1.807) is 6.07 Å². The number of rotatable bonds is 2. The monoisotopic (exact) mass is 245 g/mol. The number of hydrogen-bond donors (Lipinski definition) is 1. The molecule has 0 aromatic heterocycles. The van der Waals surface area contributed by atoms with Crippen molar-refractivity contribution >= 4 is 29.1 Å². The van der Waals surface area contributed by atoms with Crippen LogP contribution in [0.4, 0.5) is 10.1 Å². The number of thioether (sulfide) groups is 1. The van der Waals surface area contributed by atoms with Gasteiger partial charge in [-0.15, -0.1) is 0 Å². The Morgan fingerprint density at radius 2 is 2.33 bits per heavy atom. The maximum Gasteiger partial charge on any atom is 0.143 e. The zero-order valence-corrected chi connectivity index (χ0v) is 9.87. The van der Waals surface area contributed by atoms with Gasteiger partial charge in [0, 0.05) is 17.5 Å². The molecule has 1 heterocycles. The van der Waals surface area contributed by atoms with Crippen molar-refractivity contribution in [1.29, 1.82) is 0 Å². The van der Waals surface area contributed by atoms with Gasteiger partial charge in [0.1, 0.15) is 5.82 Å². The van der Waals surface area contributed by atoms with E-state index in [9.17, 15) is 4.39 Å². The van der Waals surface area contributed by atoms with Crippen LogP contribution in [-0.2, 0) is 0 Å². The molecule has 0 saturated carbocycles. The van der Waals surface area contributed by atoms with E-state index in [1.807, 2.05) is 17.8 Å². The van der Waals surface area contributed by atoms with Crippen LogP contribution in [0.1, 0.15) is 12.8 Å². The number of hydrogen-bond acceptors (Lipinski definition) is 2. The van der Waals surface area contributed by atoms with E-state index in [1.165, 1.54) is 18.2 Å². The van der Waals surface area contributed by atoms with Crippen molar-refractivity contribution in [2.75, 3.05) is 16.8 Å². The Morgan fingerprint density at radius 1 is 1.47 bits per heavy atom. The molecule has 4 heteroatoms. The Labute approximate surface area is 98.4 Å². The highest BCUT2D eigenvalue weighted by Crippen LogP contribution is 2.23. The van der Waals surface area contributed by atoms with Gasteiger partial charge in [-0.3, -0.25) is 0 Å². The summed E-state index contributed by atoms with van der Waals surface area (Å²) in [5.74, 6) is 1.99. The smallest absolute Gasteiger partial charge is 0.143 e. The Hall–Kier alpha value is -0.410. The second-order valence-electron chi connectivity index (χ2n) is 3.69. The fourth-order valence-electron chi connectivity index (χ4n) is 1.68. The molecule has 82 valence electrons. The Kier molecular flexibility index (Phi) is 3.76. The van der Waals surface area contributed by atoms with Gasteiger partial charge in [-0.05, 0) is 36.8 Å². The van der Waals surface area contributed by atoms with E-state index in [0.29, 0.717) is 6.04 Å². The van der Waals surface area contributed by atoms with Crippen molar-refractivity contribution < 1.29 is 4.39 Å². The van der Waals surface area contributed by atoms with Crippen LogP contribution >= 0.6 is 23.4 Å². The third-order valence-corrected chi connectivity index (χ3v) is 3.97. The second-order valence-corrected chi connectivity index (χ2v) is 5.24. The van der Waals surface area contributed by atoms with Crippen LogP contribution < -0.4 is 5.32 Å². The predicted molar refractivity (Wildman–Crippen MR) is 65.4 cm³/mol. The summed E-state index contributed by atoms with van der Waals surface area (Å²) in [6, 6.07) is 5.34. The van der Waals surface area contributed by atoms with Crippen LogP contribution in [0.5, 0.6) is 0 Å². The zero-order valence-electron chi connectivity index (χ0n) is 8.30. The Balaban J connectivity index is 2.00. The van der Waals surface area contributed by atoms with Crippen LogP contribution in [0.3, 0.4) is 0 Å². The Morgan fingerprint density at radius 3 is 3.00 bits per heavy atom. The molecule has 1 nitrogen and oxygen atoms in total. The summed E-state index contributed by atoms with van der Waals surface area (Å²) < 4.78 is 13.2. The van der Waals surface area contributed by atoms with Crippen molar-refractivity contribution in [3.63, 3.8) is 0 Å². The molecule has 0 amide bonds. The number of nitrogens with one attached hydrogen (secondary N) is 1. The van der Waals surface area contributed by atoms with Gasteiger partial charge < -0.3 is 5.32 Å². The lowest BCUT2D eigenvalue weighted by Gasteiger charge is -2.23. The number of anilines is 1. The largest absolute Gasteiger partial charge is 0.381 e. The van der Waals surface area contributed by atoms with E-state index in [2.05, 4.69) is 5.32 Å². The molecule has 0 radical (unpaired) electrons. The standard InChI is InChI=1S/C11H13ClFNS/c12-10-4-3-8(6-11(10)13)14-9-2-1-5-15-7-9/h3-4,6,9,14H,1-2,5,7H2. The third-order valence-electron chi connectivity index (χ3n) is 2.45. The van der Waals surface area contributed by atoms with E-state index in [0.717, 1.165) is 17.9 Å². The molecule has 2 rings (SSSR count). The molecule has 1 aromatic carbocycles. The molecule has 1 aliphatic rings. The summed E-state index contributed by atoms with van der Waals surface area (Å²) in [5, 5.41) is 3.51. The molecule has 1 saturated heterocycles. The van der Waals surface area contributed by atoms with Gasteiger partial charge in [-0.25, -0.2) is 4.39 Å². The van der Waals surface area contributed by atoms with E-state index >= 15 is 0 Å². The van der Waals surface area contributed by atoms with Gasteiger partial charge in [0.05, 0.1) is 5.02 Å². The highest BCUT2D eigenvalue weighted by Gasteiger charge is 2.13. The number of halogens is 2. The average molecular weight is 246 g/mol. The summed E-state index contributed by atoms with van der Waals surface area (Å²) in [4.78, 5) is 0. The van der Waals surface area contributed by atoms with E-state index in [-0.39, 0.29) is 10.8 Å². The average Bonchev–Trinajstić information content (AvgIpc) is 2.25. The second kappa shape index (κ2) is 5.08. The molecule has 15 heavy (non-hydrogen) atoms. The van der Waals surface area contributed by atoms with Crippen LogP contribution in [0, 0.1) is 5.82 Å². The first-order valence-corrected chi connectivity index (χ1v) is 6.58. The van der Waals surface area contributed by atoms with Gasteiger partial charge in [0.25, 0.3) is 0 Å².